The van der Waals surface area contributed by atoms with E-state index in [4.69, 9.17) is 11.6 Å². The Labute approximate surface area is 108 Å². The van der Waals surface area contributed by atoms with Gasteiger partial charge >= 0.3 is 0 Å². The molecule has 0 atom stereocenters. The van der Waals surface area contributed by atoms with Crippen LogP contribution in [0, 0.1) is 10.1 Å². The molecule has 2 rings (SSSR count). The molecule has 8 heteroatoms. The van der Waals surface area contributed by atoms with Gasteiger partial charge < -0.3 is 5.32 Å². The Morgan fingerprint density at radius 2 is 2.33 bits per heavy atom. The Morgan fingerprint density at radius 3 is 2.94 bits per heavy atom. The first-order chi connectivity index (χ1) is 8.58. The fourth-order valence-electron chi connectivity index (χ4n) is 1.43. The number of aromatic nitrogens is 3. The van der Waals surface area contributed by atoms with Gasteiger partial charge in [-0.1, -0.05) is 16.8 Å². The fraction of sp³-hybridized carbons (Fsp3) is 0.200. The molecule has 1 aromatic carbocycles. The monoisotopic (exact) mass is 267 g/mol. The van der Waals surface area contributed by atoms with E-state index in [1.807, 2.05) is 0 Å². The topological polar surface area (TPSA) is 85.9 Å². The Balaban J connectivity index is 2.13. The third kappa shape index (κ3) is 2.57. The van der Waals surface area contributed by atoms with E-state index in [-0.39, 0.29) is 10.7 Å². The molecule has 0 saturated heterocycles. The van der Waals surface area contributed by atoms with E-state index < -0.39 is 4.92 Å². The predicted octanol–water partition coefficient (Wildman–Crippen LogP) is 1.99. The molecule has 1 heterocycles. The Hall–Kier alpha value is -2.15. The summed E-state index contributed by atoms with van der Waals surface area (Å²) in [6, 6.07) is 4.56. The molecule has 1 aromatic heterocycles. The molecule has 0 fully saturated rings. The number of nitrogens with zero attached hydrogens (tertiary/aromatic N) is 4. The summed E-state index contributed by atoms with van der Waals surface area (Å²) in [4.78, 5) is 10.2. The number of aryl methyl sites for hydroxylation is 1. The second-order valence-corrected chi connectivity index (χ2v) is 4.03. The summed E-state index contributed by atoms with van der Waals surface area (Å²) >= 11 is 5.72. The number of nitro groups is 1. The lowest BCUT2D eigenvalue weighted by Crippen LogP contribution is -2.05. The summed E-state index contributed by atoms with van der Waals surface area (Å²) in [7, 11) is 1.77. The van der Waals surface area contributed by atoms with Crippen molar-refractivity contribution < 1.29 is 4.92 Å². The molecule has 1 N–H and O–H groups in total. The molecule has 0 amide bonds. The Kier molecular flexibility index (Phi) is 3.42. The molecule has 0 bridgehead atoms. The van der Waals surface area contributed by atoms with Gasteiger partial charge in [0.2, 0.25) is 0 Å². The van der Waals surface area contributed by atoms with Gasteiger partial charge in [0.15, 0.2) is 0 Å². The van der Waals surface area contributed by atoms with Crippen molar-refractivity contribution in [3.05, 3.63) is 45.2 Å². The van der Waals surface area contributed by atoms with Crippen LogP contribution in [-0.4, -0.2) is 19.9 Å². The van der Waals surface area contributed by atoms with E-state index in [0.717, 1.165) is 5.69 Å². The highest BCUT2D eigenvalue weighted by Crippen LogP contribution is 2.27. The average Bonchev–Trinajstić information content (AvgIpc) is 2.73. The molecule has 0 aliphatic rings. The molecule has 0 radical (unpaired) electrons. The summed E-state index contributed by atoms with van der Waals surface area (Å²) in [6.45, 7) is 0.474. The lowest BCUT2D eigenvalue weighted by atomic mass is 10.2. The second-order valence-electron chi connectivity index (χ2n) is 3.63. The average molecular weight is 268 g/mol. The molecule has 7 nitrogen and oxygen atoms in total. The summed E-state index contributed by atoms with van der Waals surface area (Å²) < 4.78 is 1.62. The molecule has 0 aliphatic heterocycles. The van der Waals surface area contributed by atoms with Gasteiger partial charge in [-0.05, 0) is 12.1 Å². The minimum Gasteiger partial charge on any atom is -0.379 e. The van der Waals surface area contributed by atoms with Gasteiger partial charge in [0.25, 0.3) is 5.69 Å². The third-order valence-corrected chi connectivity index (χ3v) is 2.74. The van der Waals surface area contributed by atoms with Crippen LogP contribution >= 0.6 is 11.6 Å². The lowest BCUT2D eigenvalue weighted by Gasteiger charge is -2.06. The highest BCUT2D eigenvalue weighted by Gasteiger charge is 2.12. The van der Waals surface area contributed by atoms with Crippen LogP contribution in [0.15, 0.2) is 24.4 Å². The molecule has 0 unspecified atom stereocenters. The Bertz CT molecular complexity index is 583. The quantitative estimate of drug-likeness (QED) is 0.676. The standard InChI is InChI=1S/C10H10ClN5O2/c1-15-8(6-13-14-15)5-12-7-2-3-9(11)10(4-7)16(17)18/h2-4,6,12H,5H2,1H3. The maximum Gasteiger partial charge on any atom is 0.289 e. The summed E-state index contributed by atoms with van der Waals surface area (Å²) in [5.74, 6) is 0. The van der Waals surface area contributed by atoms with E-state index in [0.29, 0.717) is 12.2 Å². The number of rotatable bonds is 4. The van der Waals surface area contributed by atoms with Crippen molar-refractivity contribution in [1.82, 2.24) is 15.0 Å². The number of nitrogens with one attached hydrogen (secondary N) is 1. The Morgan fingerprint density at radius 1 is 1.56 bits per heavy atom. The van der Waals surface area contributed by atoms with Crippen LogP contribution in [0.5, 0.6) is 0 Å². The smallest absolute Gasteiger partial charge is 0.289 e. The van der Waals surface area contributed by atoms with Gasteiger partial charge in [-0.15, -0.1) is 5.10 Å². The zero-order chi connectivity index (χ0) is 13.1. The molecule has 0 saturated carbocycles. The number of nitro benzene ring substituents is 1. The zero-order valence-corrected chi connectivity index (χ0v) is 10.3. The molecule has 0 aliphatic carbocycles. The molecule has 0 spiro atoms. The highest BCUT2D eigenvalue weighted by atomic mass is 35.5. The van der Waals surface area contributed by atoms with Gasteiger partial charge in [-0.25, -0.2) is 0 Å². The summed E-state index contributed by atoms with van der Waals surface area (Å²) in [6.07, 6.45) is 1.62. The molecular weight excluding hydrogens is 258 g/mol. The zero-order valence-electron chi connectivity index (χ0n) is 9.50. The molecule has 94 valence electrons. The molecule has 18 heavy (non-hydrogen) atoms. The SMILES string of the molecule is Cn1nncc1CNc1ccc(Cl)c([N+](=O)[O-])c1. The fourth-order valence-corrected chi connectivity index (χ4v) is 1.61. The van der Waals surface area contributed by atoms with Crippen LogP contribution in [0.3, 0.4) is 0 Å². The van der Waals surface area contributed by atoms with Crippen molar-refractivity contribution in [2.75, 3.05) is 5.32 Å². The van der Waals surface area contributed by atoms with Gasteiger partial charge in [0.1, 0.15) is 5.02 Å². The minimum atomic E-state index is -0.515. The van der Waals surface area contributed by atoms with E-state index >= 15 is 0 Å². The summed E-state index contributed by atoms with van der Waals surface area (Å²) in [5.41, 5.74) is 1.37. The number of hydrogen-bond acceptors (Lipinski definition) is 5. The largest absolute Gasteiger partial charge is 0.379 e. The van der Waals surface area contributed by atoms with Gasteiger partial charge in [-0.2, -0.15) is 0 Å². The van der Waals surface area contributed by atoms with Crippen molar-refractivity contribution >= 4 is 23.0 Å². The van der Waals surface area contributed by atoms with E-state index in [2.05, 4.69) is 15.6 Å². The number of halogens is 1. The third-order valence-electron chi connectivity index (χ3n) is 2.42. The van der Waals surface area contributed by atoms with Crippen LogP contribution in [0.2, 0.25) is 5.02 Å². The number of benzene rings is 1. The van der Waals surface area contributed by atoms with Crippen molar-refractivity contribution in [3.8, 4) is 0 Å². The van der Waals surface area contributed by atoms with Crippen LogP contribution in [-0.2, 0) is 13.6 Å². The lowest BCUT2D eigenvalue weighted by molar-refractivity contribution is -0.384. The van der Waals surface area contributed by atoms with Crippen molar-refractivity contribution in [2.45, 2.75) is 6.54 Å². The second kappa shape index (κ2) is 5.01. The summed E-state index contributed by atoms with van der Waals surface area (Å²) in [5, 5.41) is 21.4. The van der Waals surface area contributed by atoms with Gasteiger partial charge in [-0.3, -0.25) is 14.8 Å². The minimum absolute atomic E-state index is 0.118. The van der Waals surface area contributed by atoms with Crippen molar-refractivity contribution in [1.29, 1.82) is 0 Å². The molecule has 2 aromatic rings. The van der Waals surface area contributed by atoms with E-state index in [9.17, 15) is 10.1 Å². The molecular formula is C10H10ClN5O2. The predicted molar refractivity (Wildman–Crippen MR) is 66.4 cm³/mol. The highest BCUT2D eigenvalue weighted by molar-refractivity contribution is 6.32. The van der Waals surface area contributed by atoms with Gasteiger partial charge in [0, 0.05) is 18.8 Å². The van der Waals surface area contributed by atoms with E-state index in [1.165, 1.54) is 12.1 Å². The number of anilines is 1. The first kappa shape index (κ1) is 12.3. The first-order valence-electron chi connectivity index (χ1n) is 5.09. The van der Waals surface area contributed by atoms with Crippen molar-refractivity contribution in [3.63, 3.8) is 0 Å². The number of hydrogen-bond donors (Lipinski definition) is 1. The maximum absolute atomic E-state index is 10.7. The first-order valence-corrected chi connectivity index (χ1v) is 5.47. The van der Waals surface area contributed by atoms with Gasteiger partial charge in [0.05, 0.1) is 23.4 Å². The van der Waals surface area contributed by atoms with Crippen LogP contribution in [0.1, 0.15) is 5.69 Å². The van der Waals surface area contributed by atoms with Crippen LogP contribution in [0.25, 0.3) is 0 Å². The van der Waals surface area contributed by atoms with E-state index in [1.54, 1.807) is 24.0 Å². The normalized spacial score (nSPS) is 10.3. The van der Waals surface area contributed by atoms with Crippen LogP contribution < -0.4 is 5.32 Å². The maximum atomic E-state index is 10.7. The van der Waals surface area contributed by atoms with Crippen LogP contribution in [0.4, 0.5) is 11.4 Å². The van der Waals surface area contributed by atoms with Crippen molar-refractivity contribution in [2.24, 2.45) is 7.05 Å².